The van der Waals surface area contributed by atoms with Crippen LogP contribution in [0.25, 0.3) is 0 Å². The van der Waals surface area contributed by atoms with E-state index in [-0.39, 0.29) is 0 Å². The molecule has 2 rings (SSSR count). The first-order chi connectivity index (χ1) is 7.70. The third-order valence-electron chi connectivity index (χ3n) is 3.54. The Bertz CT molecular complexity index is 343. The molecule has 0 aliphatic carbocycles. The molecular weight excluding hydrogens is 198 g/mol. The van der Waals surface area contributed by atoms with Crippen molar-refractivity contribution in [1.29, 1.82) is 0 Å². The van der Waals surface area contributed by atoms with E-state index >= 15 is 0 Å². The van der Waals surface area contributed by atoms with E-state index < -0.39 is 0 Å². The van der Waals surface area contributed by atoms with Crippen LogP contribution in [0.2, 0.25) is 0 Å². The lowest BCUT2D eigenvalue weighted by Crippen LogP contribution is -2.24. The maximum absolute atomic E-state index is 4.68. The van der Waals surface area contributed by atoms with E-state index in [0.29, 0.717) is 6.04 Å². The van der Waals surface area contributed by atoms with Gasteiger partial charge in [-0.3, -0.25) is 0 Å². The van der Waals surface area contributed by atoms with Gasteiger partial charge in [0.2, 0.25) is 0 Å². The number of nitrogens with one attached hydrogen (secondary N) is 1. The molecule has 2 atom stereocenters. The van der Waals surface area contributed by atoms with Crippen LogP contribution in [0.5, 0.6) is 0 Å². The predicted molar refractivity (Wildman–Crippen MR) is 66.4 cm³/mol. The summed E-state index contributed by atoms with van der Waals surface area (Å²) in [5.41, 5.74) is 1.15. The SMILES string of the molecule is CCC(C)CC1NCCCn2cc(C)nc21. The molecular formula is C13H23N3. The van der Waals surface area contributed by atoms with Crippen molar-refractivity contribution in [2.24, 2.45) is 5.92 Å². The Hall–Kier alpha value is -0.830. The largest absolute Gasteiger partial charge is 0.333 e. The first kappa shape index (κ1) is 11.6. The number of hydrogen-bond donors (Lipinski definition) is 1. The van der Waals surface area contributed by atoms with E-state index in [0.717, 1.165) is 24.7 Å². The molecule has 0 saturated carbocycles. The van der Waals surface area contributed by atoms with Gasteiger partial charge < -0.3 is 9.88 Å². The molecule has 1 aliphatic rings. The summed E-state index contributed by atoms with van der Waals surface area (Å²) in [5.74, 6) is 2.01. The zero-order valence-corrected chi connectivity index (χ0v) is 10.7. The summed E-state index contributed by atoms with van der Waals surface area (Å²) in [7, 11) is 0. The summed E-state index contributed by atoms with van der Waals surface area (Å²) in [5, 5.41) is 3.63. The molecule has 3 nitrogen and oxygen atoms in total. The molecule has 0 spiro atoms. The van der Waals surface area contributed by atoms with Crippen molar-refractivity contribution in [3.8, 4) is 0 Å². The molecule has 0 fully saturated rings. The number of rotatable bonds is 3. The van der Waals surface area contributed by atoms with Crippen LogP contribution in [-0.4, -0.2) is 16.1 Å². The van der Waals surface area contributed by atoms with Gasteiger partial charge in [-0.15, -0.1) is 0 Å². The highest BCUT2D eigenvalue weighted by atomic mass is 15.1. The summed E-state index contributed by atoms with van der Waals surface area (Å²) in [4.78, 5) is 4.68. The van der Waals surface area contributed by atoms with Crippen LogP contribution in [-0.2, 0) is 6.54 Å². The number of imidazole rings is 1. The monoisotopic (exact) mass is 221 g/mol. The summed E-state index contributed by atoms with van der Waals surface area (Å²) in [6.07, 6.45) is 5.84. The number of fused-ring (bicyclic) bond motifs is 1. The minimum Gasteiger partial charge on any atom is -0.333 e. The van der Waals surface area contributed by atoms with Gasteiger partial charge in [0.05, 0.1) is 11.7 Å². The van der Waals surface area contributed by atoms with E-state index in [4.69, 9.17) is 0 Å². The Morgan fingerprint density at radius 3 is 3.19 bits per heavy atom. The van der Waals surface area contributed by atoms with E-state index in [1.54, 1.807) is 0 Å². The average molecular weight is 221 g/mol. The molecule has 16 heavy (non-hydrogen) atoms. The first-order valence-corrected chi connectivity index (χ1v) is 6.47. The Morgan fingerprint density at radius 2 is 2.44 bits per heavy atom. The second kappa shape index (κ2) is 5.00. The lowest BCUT2D eigenvalue weighted by molar-refractivity contribution is 0.397. The van der Waals surface area contributed by atoms with Gasteiger partial charge >= 0.3 is 0 Å². The smallest absolute Gasteiger partial charge is 0.126 e. The molecule has 2 heterocycles. The van der Waals surface area contributed by atoms with E-state index in [9.17, 15) is 0 Å². The number of aryl methyl sites for hydroxylation is 2. The summed E-state index contributed by atoms with van der Waals surface area (Å²) >= 11 is 0. The number of aromatic nitrogens is 2. The second-order valence-electron chi connectivity index (χ2n) is 5.04. The van der Waals surface area contributed by atoms with Crippen LogP contribution >= 0.6 is 0 Å². The van der Waals surface area contributed by atoms with Gasteiger partial charge in [0.1, 0.15) is 5.82 Å². The highest BCUT2D eigenvalue weighted by Crippen LogP contribution is 2.24. The van der Waals surface area contributed by atoms with E-state index in [1.807, 2.05) is 0 Å². The lowest BCUT2D eigenvalue weighted by atomic mass is 9.99. The molecule has 0 saturated heterocycles. The minimum atomic E-state index is 0.450. The molecule has 1 aromatic heterocycles. The van der Waals surface area contributed by atoms with Crippen LogP contribution in [0.1, 0.15) is 50.7 Å². The molecule has 90 valence electrons. The Labute approximate surface area is 98.3 Å². The lowest BCUT2D eigenvalue weighted by Gasteiger charge is -2.19. The Morgan fingerprint density at radius 1 is 1.62 bits per heavy atom. The fraction of sp³-hybridized carbons (Fsp3) is 0.769. The molecule has 2 unspecified atom stereocenters. The molecule has 0 bridgehead atoms. The molecule has 1 aromatic rings. The van der Waals surface area contributed by atoms with Crippen molar-refractivity contribution in [2.75, 3.05) is 6.54 Å². The van der Waals surface area contributed by atoms with Crippen molar-refractivity contribution in [2.45, 2.75) is 52.6 Å². The molecule has 1 aliphatic heterocycles. The van der Waals surface area contributed by atoms with Gasteiger partial charge in [0.15, 0.2) is 0 Å². The van der Waals surface area contributed by atoms with Gasteiger partial charge in [-0.2, -0.15) is 0 Å². The van der Waals surface area contributed by atoms with Gasteiger partial charge in [0.25, 0.3) is 0 Å². The van der Waals surface area contributed by atoms with E-state index in [1.165, 1.54) is 25.1 Å². The van der Waals surface area contributed by atoms with Gasteiger partial charge in [-0.25, -0.2) is 4.98 Å². The standard InChI is InChI=1S/C13H23N3/c1-4-10(2)8-12-13-15-11(3)9-16(13)7-5-6-14-12/h9-10,12,14H,4-8H2,1-3H3. The fourth-order valence-electron chi connectivity index (χ4n) is 2.40. The maximum atomic E-state index is 4.68. The van der Waals surface area contributed by atoms with Crippen LogP contribution in [0.3, 0.4) is 0 Å². The van der Waals surface area contributed by atoms with Crippen molar-refractivity contribution in [3.05, 3.63) is 17.7 Å². The second-order valence-corrected chi connectivity index (χ2v) is 5.04. The molecule has 1 N–H and O–H groups in total. The van der Waals surface area contributed by atoms with Crippen molar-refractivity contribution in [1.82, 2.24) is 14.9 Å². The van der Waals surface area contributed by atoms with Gasteiger partial charge in [-0.05, 0) is 32.2 Å². The first-order valence-electron chi connectivity index (χ1n) is 6.47. The highest BCUT2D eigenvalue weighted by Gasteiger charge is 2.21. The molecule has 0 amide bonds. The quantitative estimate of drug-likeness (QED) is 0.850. The maximum Gasteiger partial charge on any atom is 0.126 e. The third kappa shape index (κ3) is 2.46. The summed E-state index contributed by atoms with van der Waals surface area (Å²) < 4.78 is 2.34. The fourth-order valence-corrected chi connectivity index (χ4v) is 2.40. The highest BCUT2D eigenvalue weighted by molar-refractivity contribution is 5.07. The molecule has 0 aromatic carbocycles. The Balaban J connectivity index is 2.18. The van der Waals surface area contributed by atoms with Gasteiger partial charge in [-0.1, -0.05) is 20.3 Å². The third-order valence-corrected chi connectivity index (χ3v) is 3.54. The number of nitrogens with zero attached hydrogens (tertiary/aromatic N) is 2. The summed E-state index contributed by atoms with van der Waals surface area (Å²) in [6, 6.07) is 0.450. The normalized spacial score (nSPS) is 22.6. The van der Waals surface area contributed by atoms with Crippen molar-refractivity contribution >= 4 is 0 Å². The average Bonchev–Trinajstić information content (AvgIpc) is 2.54. The minimum absolute atomic E-state index is 0.450. The van der Waals surface area contributed by atoms with Crippen molar-refractivity contribution < 1.29 is 0 Å². The molecule has 0 radical (unpaired) electrons. The van der Waals surface area contributed by atoms with Crippen LogP contribution in [0.4, 0.5) is 0 Å². The van der Waals surface area contributed by atoms with Crippen LogP contribution in [0.15, 0.2) is 6.20 Å². The van der Waals surface area contributed by atoms with Crippen LogP contribution in [0, 0.1) is 12.8 Å². The zero-order valence-electron chi connectivity index (χ0n) is 10.7. The zero-order chi connectivity index (χ0) is 11.5. The predicted octanol–water partition coefficient (Wildman–Crippen LogP) is 2.66. The van der Waals surface area contributed by atoms with E-state index in [2.05, 4.69) is 41.8 Å². The van der Waals surface area contributed by atoms with Crippen LogP contribution < -0.4 is 5.32 Å². The summed E-state index contributed by atoms with van der Waals surface area (Å²) in [6.45, 7) is 8.90. The molecule has 3 heteroatoms. The van der Waals surface area contributed by atoms with Crippen molar-refractivity contribution in [3.63, 3.8) is 0 Å². The topological polar surface area (TPSA) is 29.9 Å². The van der Waals surface area contributed by atoms with Gasteiger partial charge in [0, 0.05) is 12.7 Å². The number of hydrogen-bond acceptors (Lipinski definition) is 2. The Kier molecular flexibility index (Phi) is 3.64.